The van der Waals surface area contributed by atoms with Gasteiger partial charge in [0.2, 0.25) is 0 Å². The van der Waals surface area contributed by atoms with E-state index in [0.29, 0.717) is 11.0 Å². The van der Waals surface area contributed by atoms with E-state index in [1.54, 1.807) is 0 Å². The van der Waals surface area contributed by atoms with E-state index in [2.05, 4.69) is 0 Å². The van der Waals surface area contributed by atoms with Gasteiger partial charge in [-0.2, -0.15) is 4.57 Å². The second-order valence-corrected chi connectivity index (χ2v) is 4.08. The molecule has 2 aromatic rings. The Morgan fingerprint density at radius 2 is 2.25 bits per heavy atom. The SMILES string of the molecule is CCCCOC(=O)n1c(=O)oc2cc([N+](=O)[O-])ccc21. The molecule has 0 unspecified atom stereocenters. The lowest BCUT2D eigenvalue weighted by Crippen LogP contribution is -2.24. The lowest BCUT2D eigenvalue weighted by molar-refractivity contribution is -0.384. The van der Waals surface area contributed by atoms with Gasteiger partial charge >= 0.3 is 11.8 Å². The fourth-order valence-corrected chi connectivity index (χ4v) is 1.66. The van der Waals surface area contributed by atoms with E-state index in [1.165, 1.54) is 12.1 Å². The highest BCUT2D eigenvalue weighted by molar-refractivity contribution is 5.86. The third-order valence-electron chi connectivity index (χ3n) is 2.68. The van der Waals surface area contributed by atoms with Gasteiger partial charge in [-0.1, -0.05) is 13.3 Å². The number of hydrogen-bond donors (Lipinski definition) is 0. The van der Waals surface area contributed by atoms with Crippen LogP contribution in [-0.4, -0.2) is 22.2 Å². The highest BCUT2D eigenvalue weighted by atomic mass is 16.6. The normalized spacial score (nSPS) is 10.7. The highest BCUT2D eigenvalue weighted by Gasteiger charge is 2.19. The van der Waals surface area contributed by atoms with Gasteiger partial charge in [-0.05, 0) is 12.5 Å². The first kappa shape index (κ1) is 13.8. The molecule has 1 heterocycles. The molecule has 0 radical (unpaired) electrons. The zero-order valence-electron chi connectivity index (χ0n) is 10.7. The number of benzene rings is 1. The number of nitro groups is 1. The van der Waals surface area contributed by atoms with E-state index in [0.717, 1.165) is 12.5 Å². The van der Waals surface area contributed by atoms with E-state index >= 15 is 0 Å². The molecule has 0 amide bonds. The van der Waals surface area contributed by atoms with Gasteiger partial charge in [-0.15, -0.1) is 0 Å². The van der Waals surface area contributed by atoms with Crippen molar-refractivity contribution < 1.29 is 18.9 Å². The number of carbonyl (C=O) groups excluding carboxylic acids is 1. The van der Waals surface area contributed by atoms with E-state index < -0.39 is 16.8 Å². The Hall–Kier alpha value is -2.64. The summed E-state index contributed by atoms with van der Waals surface area (Å²) >= 11 is 0. The molecular weight excluding hydrogens is 268 g/mol. The molecule has 0 saturated carbocycles. The van der Waals surface area contributed by atoms with Crippen LogP contribution >= 0.6 is 0 Å². The maximum atomic E-state index is 11.8. The molecule has 0 aliphatic heterocycles. The standard InChI is InChI=1S/C12H12N2O6/c1-2-3-6-19-11(15)13-9-5-4-8(14(17)18)7-10(9)20-12(13)16/h4-5,7H,2-3,6H2,1H3. The largest absolute Gasteiger partial charge is 0.449 e. The van der Waals surface area contributed by atoms with Crippen molar-refractivity contribution in [3.05, 3.63) is 38.9 Å². The Balaban J connectivity index is 2.39. The molecule has 0 fully saturated rings. The van der Waals surface area contributed by atoms with Crippen molar-refractivity contribution >= 4 is 22.9 Å². The van der Waals surface area contributed by atoms with Crippen LogP contribution in [0, 0.1) is 10.1 Å². The summed E-state index contributed by atoms with van der Waals surface area (Å²) in [5.74, 6) is -0.929. The van der Waals surface area contributed by atoms with Crippen LogP contribution in [0.4, 0.5) is 10.5 Å². The molecule has 20 heavy (non-hydrogen) atoms. The lowest BCUT2D eigenvalue weighted by atomic mass is 10.3. The van der Waals surface area contributed by atoms with Crippen molar-refractivity contribution in [2.75, 3.05) is 6.61 Å². The maximum absolute atomic E-state index is 11.8. The fourth-order valence-electron chi connectivity index (χ4n) is 1.66. The molecule has 8 heteroatoms. The minimum atomic E-state index is -0.929. The first-order chi connectivity index (χ1) is 9.54. The van der Waals surface area contributed by atoms with Gasteiger partial charge in [0, 0.05) is 6.07 Å². The van der Waals surface area contributed by atoms with Crippen LogP contribution in [0.3, 0.4) is 0 Å². The lowest BCUT2D eigenvalue weighted by Gasteiger charge is -2.03. The number of hydrogen-bond acceptors (Lipinski definition) is 6. The van der Waals surface area contributed by atoms with Crippen LogP contribution in [0.2, 0.25) is 0 Å². The van der Waals surface area contributed by atoms with E-state index in [-0.39, 0.29) is 23.4 Å². The number of unbranched alkanes of at least 4 members (excludes halogenated alkanes) is 1. The number of oxazole rings is 1. The summed E-state index contributed by atoms with van der Waals surface area (Å²) in [4.78, 5) is 33.4. The van der Waals surface area contributed by atoms with Crippen molar-refractivity contribution in [3.8, 4) is 0 Å². The van der Waals surface area contributed by atoms with Crippen LogP contribution in [0.15, 0.2) is 27.4 Å². The van der Waals surface area contributed by atoms with E-state index in [9.17, 15) is 19.7 Å². The van der Waals surface area contributed by atoms with Crippen molar-refractivity contribution in [1.29, 1.82) is 0 Å². The molecular formula is C12H12N2O6. The van der Waals surface area contributed by atoms with Crippen LogP contribution in [0.25, 0.3) is 11.1 Å². The van der Waals surface area contributed by atoms with Crippen molar-refractivity contribution in [3.63, 3.8) is 0 Å². The molecule has 0 atom stereocenters. The number of nitrogens with zero attached hydrogens (tertiary/aromatic N) is 2. The van der Waals surface area contributed by atoms with Gasteiger partial charge < -0.3 is 9.15 Å². The van der Waals surface area contributed by atoms with Crippen LogP contribution in [0.1, 0.15) is 19.8 Å². The number of aromatic nitrogens is 1. The van der Waals surface area contributed by atoms with Crippen LogP contribution < -0.4 is 5.76 Å². The molecule has 0 aliphatic carbocycles. The second kappa shape index (κ2) is 5.55. The Kier molecular flexibility index (Phi) is 3.83. The molecule has 0 saturated heterocycles. The van der Waals surface area contributed by atoms with Crippen LogP contribution in [0.5, 0.6) is 0 Å². The van der Waals surface area contributed by atoms with Gasteiger partial charge in [0.05, 0.1) is 17.6 Å². The average molecular weight is 280 g/mol. The van der Waals surface area contributed by atoms with Gasteiger partial charge in [-0.3, -0.25) is 10.1 Å². The predicted octanol–water partition coefficient (Wildman–Crippen LogP) is 2.29. The van der Waals surface area contributed by atoms with E-state index in [4.69, 9.17) is 9.15 Å². The zero-order valence-corrected chi connectivity index (χ0v) is 10.7. The number of carbonyl (C=O) groups is 1. The van der Waals surface area contributed by atoms with Gasteiger partial charge in [-0.25, -0.2) is 9.59 Å². The third-order valence-corrected chi connectivity index (χ3v) is 2.68. The van der Waals surface area contributed by atoms with Gasteiger partial charge in [0.1, 0.15) is 5.52 Å². The van der Waals surface area contributed by atoms with Gasteiger partial charge in [0.25, 0.3) is 5.69 Å². The second-order valence-electron chi connectivity index (χ2n) is 4.08. The molecule has 0 bridgehead atoms. The minimum Gasteiger partial charge on any atom is -0.449 e. The third kappa shape index (κ3) is 2.53. The van der Waals surface area contributed by atoms with Crippen molar-refractivity contribution in [1.82, 2.24) is 4.57 Å². The monoisotopic (exact) mass is 280 g/mol. The summed E-state index contributed by atoms with van der Waals surface area (Å²) in [6, 6.07) is 3.55. The summed E-state index contributed by atoms with van der Waals surface area (Å²) in [6.45, 7) is 2.13. The molecule has 2 rings (SSSR count). The minimum absolute atomic E-state index is 0.0309. The maximum Gasteiger partial charge on any atom is 0.429 e. The average Bonchev–Trinajstić information content (AvgIpc) is 2.73. The number of ether oxygens (including phenoxy) is 1. The predicted molar refractivity (Wildman–Crippen MR) is 68.8 cm³/mol. The fraction of sp³-hybridized carbons (Fsp3) is 0.333. The Morgan fingerprint density at radius 1 is 1.50 bits per heavy atom. The smallest absolute Gasteiger partial charge is 0.429 e. The number of rotatable bonds is 4. The molecule has 0 N–H and O–H groups in total. The first-order valence-electron chi connectivity index (χ1n) is 6.01. The van der Waals surface area contributed by atoms with Crippen LogP contribution in [-0.2, 0) is 4.74 Å². The van der Waals surface area contributed by atoms with Crippen molar-refractivity contribution in [2.45, 2.75) is 19.8 Å². The Morgan fingerprint density at radius 3 is 2.90 bits per heavy atom. The molecule has 1 aromatic heterocycles. The molecule has 0 spiro atoms. The summed E-state index contributed by atoms with van der Waals surface area (Å²) in [5.41, 5.74) is -0.114. The highest BCUT2D eigenvalue weighted by Crippen LogP contribution is 2.20. The van der Waals surface area contributed by atoms with E-state index in [1.807, 2.05) is 6.92 Å². The topological polar surface area (TPSA) is 105 Å². The summed E-state index contributed by atoms with van der Waals surface area (Å²) < 4.78 is 10.5. The zero-order chi connectivity index (χ0) is 14.7. The number of nitro benzene ring substituents is 1. The summed E-state index contributed by atoms with van der Waals surface area (Å²) in [6.07, 6.45) is 0.679. The quantitative estimate of drug-likeness (QED) is 0.483. The number of non-ortho nitro benzene ring substituents is 1. The summed E-state index contributed by atoms with van der Waals surface area (Å²) in [5, 5.41) is 10.6. The molecule has 0 aliphatic rings. The summed E-state index contributed by atoms with van der Waals surface area (Å²) in [7, 11) is 0. The number of fused-ring (bicyclic) bond motifs is 1. The Bertz CT molecular complexity index is 714. The first-order valence-corrected chi connectivity index (χ1v) is 6.01. The molecule has 106 valence electrons. The molecule has 8 nitrogen and oxygen atoms in total. The van der Waals surface area contributed by atoms with Crippen molar-refractivity contribution in [2.24, 2.45) is 0 Å². The van der Waals surface area contributed by atoms with Gasteiger partial charge in [0.15, 0.2) is 5.58 Å². The Labute approximate surface area is 112 Å². The molecule has 1 aromatic carbocycles.